The maximum atomic E-state index is 13.4. The minimum Gasteiger partial charge on any atom is -0.325 e. The summed E-state index contributed by atoms with van der Waals surface area (Å²) in [4.78, 5) is 24.5. The van der Waals surface area contributed by atoms with Crippen molar-refractivity contribution < 1.29 is 13.6 Å². The van der Waals surface area contributed by atoms with Gasteiger partial charge < -0.3 is 10.2 Å². The topological polar surface area (TPSA) is 57.1 Å². The van der Waals surface area contributed by atoms with Crippen LogP contribution in [0.2, 0.25) is 5.02 Å². The summed E-state index contributed by atoms with van der Waals surface area (Å²) < 4.78 is 26.5. The van der Waals surface area contributed by atoms with Crippen LogP contribution in [0, 0.1) is 11.6 Å². The summed E-state index contributed by atoms with van der Waals surface area (Å²) in [6.07, 6.45) is 1.62. The van der Waals surface area contributed by atoms with Crippen LogP contribution in [0.5, 0.6) is 0 Å². The predicted octanol–water partition coefficient (Wildman–Crippen LogP) is 4.61. The number of benzene rings is 2. The van der Waals surface area contributed by atoms with Crippen molar-refractivity contribution in [2.45, 2.75) is 18.5 Å². The molecule has 0 aromatic heterocycles. The van der Waals surface area contributed by atoms with Crippen LogP contribution < -0.4 is 5.32 Å². The van der Waals surface area contributed by atoms with Crippen LogP contribution in [0.3, 0.4) is 0 Å². The number of hydrogen-bond donors (Lipinski definition) is 1. The van der Waals surface area contributed by atoms with E-state index in [1.54, 1.807) is 12.1 Å². The molecule has 1 fully saturated rings. The van der Waals surface area contributed by atoms with Gasteiger partial charge in [-0.3, -0.25) is 9.79 Å². The van der Waals surface area contributed by atoms with E-state index < -0.39 is 17.3 Å². The van der Waals surface area contributed by atoms with E-state index in [4.69, 9.17) is 21.6 Å². The standard InChI is InChI=1S/C22H21ClF2N4OS/c1-29-10-8-22(9-11-29)27-20(14-2-4-15(23)5-3-14)21(28-22)31-13-19(30)26-16-6-7-17(24)18(25)12-16/h2-7,12H,8-11,13H2,1H3,(H,26,30). The van der Waals surface area contributed by atoms with Crippen LogP contribution in [-0.2, 0) is 4.79 Å². The van der Waals surface area contributed by atoms with Gasteiger partial charge in [-0.05, 0) is 31.3 Å². The Bertz CT molecular complexity index is 1050. The van der Waals surface area contributed by atoms with Gasteiger partial charge in [0.1, 0.15) is 5.04 Å². The van der Waals surface area contributed by atoms with E-state index in [1.165, 1.54) is 17.8 Å². The van der Waals surface area contributed by atoms with Crippen LogP contribution in [0.1, 0.15) is 18.4 Å². The van der Waals surface area contributed by atoms with Gasteiger partial charge in [0.25, 0.3) is 0 Å². The zero-order chi connectivity index (χ0) is 22.0. The van der Waals surface area contributed by atoms with E-state index in [2.05, 4.69) is 17.3 Å². The highest BCUT2D eigenvalue weighted by Gasteiger charge is 2.39. The molecule has 0 atom stereocenters. The third kappa shape index (κ3) is 5.14. The molecule has 1 spiro atoms. The quantitative estimate of drug-likeness (QED) is 0.721. The van der Waals surface area contributed by atoms with Crippen molar-refractivity contribution in [2.24, 2.45) is 9.98 Å². The number of nitrogens with one attached hydrogen (secondary N) is 1. The zero-order valence-electron chi connectivity index (χ0n) is 16.9. The molecule has 162 valence electrons. The fourth-order valence-electron chi connectivity index (χ4n) is 3.52. The van der Waals surface area contributed by atoms with Crippen LogP contribution in [0.15, 0.2) is 52.4 Å². The molecule has 2 heterocycles. The zero-order valence-corrected chi connectivity index (χ0v) is 18.4. The van der Waals surface area contributed by atoms with Crippen LogP contribution >= 0.6 is 23.4 Å². The molecule has 2 aromatic carbocycles. The average molecular weight is 463 g/mol. The number of rotatable bonds is 4. The van der Waals surface area contributed by atoms with Crippen molar-refractivity contribution in [2.75, 3.05) is 31.2 Å². The molecule has 5 nitrogen and oxygen atoms in total. The number of piperidine rings is 1. The number of halogens is 3. The van der Waals surface area contributed by atoms with E-state index in [9.17, 15) is 13.6 Å². The molecule has 1 amide bonds. The lowest BCUT2D eigenvalue weighted by molar-refractivity contribution is -0.113. The van der Waals surface area contributed by atoms with E-state index in [0.29, 0.717) is 10.1 Å². The Kier molecular flexibility index (Phi) is 6.41. The molecule has 0 saturated carbocycles. The van der Waals surface area contributed by atoms with Crippen molar-refractivity contribution >= 4 is 45.7 Å². The highest BCUT2D eigenvalue weighted by Crippen LogP contribution is 2.35. The summed E-state index contributed by atoms with van der Waals surface area (Å²) in [7, 11) is 2.08. The Morgan fingerprint density at radius 1 is 1.13 bits per heavy atom. The summed E-state index contributed by atoms with van der Waals surface area (Å²) in [6, 6.07) is 10.7. The molecule has 0 unspecified atom stereocenters. The second-order valence-electron chi connectivity index (χ2n) is 7.64. The van der Waals surface area contributed by atoms with Gasteiger partial charge in [0.15, 0.2) is 17.3 Å². The first kappa shape index (κ1) is 21.9. The maximum Gasteiger partial charge on any atom is 0.234 e. The second kappa shape index (κ2) is 9.06. The Labute approximate surface area is 188 Å². The third-order valence-electron chi connectivity index (χ3n) is 5.28. The Balaban J connectivity index is 1.50. The highest BCUT2D eigenvalue weighted by atomic mass is 35.5. The number of likely N-dealkylation sites (tertiary alicyclic amines) is 1. The predicted molar refractivity (Wildman–Crippen MR) is 122 cm³/mol. The molecular formula is C22H21ClF2N4OS. The van der Waals surface area contributed by atoms with E-state index in [1.807, 2.05) is 12.1 Å². The first-order valence-electron chi connectivity index (χ1n) is 9.86. The molecule has 2 aliphatic rings. The monoisotopic (exact) mass is 462 g/mol. The molecule has 1 saturated heterocycles. The van der Waals surface area contributed by atoms with Gasteiger partial charge in [-0.1, -0.05) is 35.5 Å². The number of hydrogen-bond acceptors (Lipinski definition) is 5. The third-order valence-corrected chi connectivity index (χ3v) is 6.50. The molecule has 0 aliphatic carbocycles. The van der Waals surface area contributed by atoms with Crippen molar-refractivity contribution in [1.82, 2.24) is 4.90 Å². The van der Waals surface area contributed by atoms with Crippen LogP contribution in [0.4, 0.5) is 14.5 Å². The molecule has 9 heteroatoms. The molecular weight excluding hydrogens is 442 g/mol. The van der Waals surface area contributed by atoms with E-state index >= 15 is 0 Å². The van der Waals surface area contributed by atoms with Crippen LogP contribution in [0.25, 0.3) is 0 Å². The van der Waals surface area contributed by atoms with E-state index in [-0.39, 0.29) is 17.3 Å². The largest absolute Gasteiger partial charge is 0.325 e. The normalized spacial score (nSPS) is 18.1. The van der Waals surface area contributed by atoms with Gasteiger partial charge in [0.2, 0.25) is 5.91 Å². The molecule has 0 radical (unpaired) electrons. The van der Waals surface area contributed by atoms with Crippen molar-refractivity contribution in [3.8, 4) is 0 Å². The highest BCUT2D eigenvalue weighted by molar-refractivity contribution is 8.16. The molecule has 1 N–H and O–H groups in total. The maximum absolute atomic E-state index is 13.4. The minimum absolute atomic E-state index is 0.0699. The summed E-state index contributed by atoms with van der Waals surface area (Å²) in [5, 5.41) is 3.92. The fraction of sp³-hybridized carbons (Fsp3) is 0.318. The molecule has 4 rings (SSSR count). The average Bonchev–Trinajstić information content (AvgIpc) is 3.10. The lowest BCUT2D eigenvalue weighted by Crippen LogP contribution is -2.39. The van der Waals surface area contributed by atoms with Gasteiger partial charge in [-0.15, -0.1) is 0 Å². The van der Waals surface area contributed by atoms with Crippen molar-refractivity contribution in [1.29, 1.82) is 0 Å². The summed E-state index contributed by atoms with van der Waals surface area (Å²) in [6.45, 7) is 1.80. The Morgan fingerprint density at radius 3 is 2.52 bits per heavy atom. The Hall–Kier alpha value is -2.29. The van der Waals surface area contributed by atoms with Gasteiger partial charge >= 0.3 is 0 Å². The number of amides is 1. The SMILES string of the molecule is CN1CCC2(CC1)N=C(SCC(=O)Nc1ccc(F)c(F)c1)C(c1ccc(Cl)cc1)=N2. The molecule has 2 aliphatic heterocycles. The number of carbonyl (C=O) groups excluding carboxylic acids is 1. The number of carbonyl (C=O) groups is 1. The number of thioether (sulfide) groups is 1. The van der Waals surface area contributed by atoms with Crippen LogP contribution in [-0.4, -0.2) is 53.1 Å². The van der Waals surface area contributed by atoms with Crippen molar-refractivity contribution in [3.63, 3.8) is 0 Å². The smallest absolute Gasteiger partial charge is 0.234 e. The number of aliphatic imine (C=N–C) groups is 2. The first-order valence-corrected chi connectivity index (χ1v) is 11.2. The van der Waals surface area contributed by atoms with E-state index in [0.717, 1.165) is 49.3 Å². The summed E-state index contributed by atoms with van der Waals surface area (Å²) in [5.74, 6) is -2.23. The Morgan fingerprint density at radius 2 is 1.84 bits per heavy atom. The second-order valence-corrected chi connectivity index (χ2v) is 9.04. The van der Waals surface area contributed by atoms with Crippen molar-refractivity contribution in [3.05, 3.63) is 64.7 Å². The summed E-state index contributed by atoms with van der Waals surface area (Å²) in [5.41, 5.74) is 1.36. The lowest BCUT2D eigenvalue weighted by atomic mass is 9.99. The van der Waals surface area contributed by atoms with Gasteiger partial charge in [-0.25, -0.2) is 13.8 Å². The summed E-state index contributed by atoms with van der Waals surface area (Å²) >= 11 is 7.32. The molecule has 31 heavy (non-hydrogen) atoms. The van der Waals surface area contributed by atoms with Gasteiger partial charge in [0, 0.05) is 48.3 Å². The molecule has 2 aromatic rings. The number of anilines is 1. The first-order chi connectivity index (χ1) is 14.8. The van der Waals surface area contributed by atoms with Gasteiger partial charge in [-0.2, -0.15) is 0 Å². The molecule has 0 bridgehead atoms. The fourth-order valence-corrected chi connectivity index (χ4v) is 4.53. The van der Waals surface area contributed by atoms with Gasteiger partial charge in [0.05, 0.1) is 11.5 Å². The minimum atomic E-state index is -1.01. The number of nitrogens with zero attached hydrogens (tertiary/aromatic N) is 3. The lowest BCUT2D eigenvalue weighted by Gasteiger charge is -2.33.